The zero-order chi connectivity index (χ0) is 14.1. The van der Waals surface area contributed by atoms with Gasteiger partial charge in [-0.05, 0) is 18.6 Å². The number of nitrogens with zero attached hydrogens (tertiary/aromatic N) is 1. The summed E-state index contributed by atoms with van der Waals surface area (Å²) in [5.41, 5.74) is 2.47. The number of aryl methyl sites for hydroxylation is 1. The van der Waals surface area contributed by atoms with Crippen molar-refractivity contribution in [3.05, 3.63) is 29.3 Å². The van der Waals surface area contributed by atoms with Crippen molar-refractivity contribution in [2.75, 3.05) is 26.2 Å². The second kappa shape index (κ2) is 5.42. The van der Waals surface area contributed by atoms with Crippen LogP contribution < -0.4 is 10.1 Å². The van der Waals surface area contributed by atoms with Gasteiger partial charge in [-0.2, -0.15) is 0 Å². The van der Waals surface area contributed by atoms with Crippen molar-refractivity contribution in [3.63, 3.8) is 0 Å². The molecule has 2 heterocycles. The van der Waals surface area contributed by atoms with Crippen molar-refractivity contribution < 1.29 is 14.6 Å². The number of hydrogen-bond donors (Lipinski definition) is 2. The quantitative estimate of drug-likeness (QED) is 0.849. The van der Waals surface area contributed by atoms with Crippen molar-refractivity contribution in [3.8, 4) is 5.75 Å². The van der Waals surface area contributed by atoms with Gasteiger partial charge in [0, 0.05) is 32.6 Å². The molecule has 1 aromatic carbocycles. The lowest BCUT2D eigenvalue weighted by molar-refractivity contribution is -0.144. The minimum absolute atomic E-state index is 0.0618. The molecule has 2 N–H and O–H groups in total. The van der Waals surface area contributed by atoms with Crippen LogP contribution in [0.1, 0.15) is 11.1 Å². The molecule has 0 bridgehead atoms. The average Bonchev–Trinajstić information content (AvgIpc) is 2.80. The molecule has 108 valence electrons. The number of hydrogen-bond acceptors (Lipinski definition) is 4. The van der Waals surface area contributed by atoms with Crippen molar-refractivity contribution >= 4 is 5.97 Å². The van der Waals surface area contributed by atoms with Crippen LogP contribution >= 0.6 is 0 Å². The van der Waals surface area contributed by atoms with E-state index in [4.69, 9.17) is 4.74 Å². The highest BCUT2D eigenvalue weighted by Crippen LogP contribution is 2.30. The van der Waals surface area contributed by atoms with Crippen LogP contribution in [0.5, 0.6) is 5.75 Å². The summed E-state index contributed by atoms with van der Waals surface area (Å²) in [6.45, 7) is 4.85. The summed E-state index contributed by atoms with van der Waals surface area (Å²) >= 11 is 0. The number of nitrogens with one attached hydrogen (secondary N) is 1. The summed E-state index contributed by atoms with van der Waals surface area (Å²) < 4.78 is 5.94. The Morgan fingerprint density at radius 3 is 3.20 bits per heavy atom. The molecular formula is C15H20N2O3. The van der Waals surface area contributed by atoms with Gasteiger partial charge in [0.2, 0.25) is 0 Å². The number of ether oxygens (including phenoxy) is 1. The van der Waals surface area contributed by atoms with E-state index in [0.29, 0.717) is 13.1 Å². The largest absolute Gasteiger partial charge is 0.488 e. The van der Waals surface area contributed by atoms with E-state index in [1.54, 1.807) is 0 Å². The van der Waals surface area contributed by atoms with Gasteiger partial charge in [0.25, 0.3) is 0 Å². The Morgan fingerprint density at radius 1 is 1.55 bits per heavy atom. The van der Waals surface area contributed by atoms with Crippen molar-refractivity contribution in [1.82, 2.24) is 10.2 Å². The summed E-state index contributed by atoms with van der Waals surface area (Å²) in [5, 5.41) is 12.4. The van der Waals surface area contributed by atoms with Gasteiger partial charge in [-0.15, -0.1) is 0 Å². The first-order valence-electron chi connectivity index (χ1n) is 7.07. The van der Waals surface area contributed by atoms with E-state index in [9.17, 15) is 9.90 Å². The second-order valence-corrected chi connectivity index (χ2v) is 5.61. The number of carboxylic acids is 1. The highest BCUT2D eigenvalue weighted by atomic mass is 16.5. The molecular weight excluding hydrogens is 256 g/mol. The van der Waals surface area contributed by atoms with Gasteiger partial charge in [-0.25, -0.2) is 0 Å². The minimum Gasteiger partial charge on any atom is -0.488 e. The minimum atomic E-state index is -0.761. The number of fused-ring (bicyclic) bond motifs is 1. The van der Waals surface area contributed by atoms with Crippen LogP contribution in [0.15, 0.2) is 18.2 Å². The Hall–Kier alpha value is -1.59. The Kier molecular flexibility index (Phi) is 3.63. The third kappa shape index (κ3) is 2.64. The third-order valence-corrected chi connectivity index (χ3v) is 4.03. The molecule has 2 aliphatic heterocycles. The maximum Gasteiger partial charge on any atom is 0.322 e. The molecule has 2 atom stereocenters. The molecule has 0 radical (unpaired) electrons. The van der Waals surface area contributed by atoms with E-state index in [1.807, 2.05) is 17.0 Å². The van der Waals surface area contributed by atoms with E-state index < -0.39 is 12.0 Å². The fraction of sp³-hybridized carbons (Fsp3) is 0.533. The lowest BCUT2D eigenvalue weighted by Gasteiger charge is -2.34. The van der Waals surface area contributed by atoms with Crippen LogP contribution in [-0.4, -0.2) is 54.3 Å². The monoisotopic (exact) mass is 276 g/mol. The maximum atomic E-state index is 11.3. The van der Waals surface area contributed by atoms with Crippen LogP contribution in [0.25, 0.3) is 0 Å². The van der Waals surface area contributed by atoms with Gasteiger partial charge in [0.1, 0.15) is 17.9 Å². The summed E-state index contributed by atoms with van der Waals surface area (Å²) in [6.07, 6.45) is 0.930. The number of carboxylic acid groups (broad SMARTS) is 1. The molecule has 0 aromatic heterocycles. The molecule has 1 fully saturated rings. The average molecular weight is 276 g/mol. The number of aliphatic carboxylic acids is 1. The zero-order valence-electron chi connectivity index (χ0n) is 11.6. The second-order valence-electron chi connectivity index (χ2n) is 5.61. The topological polar surface area (TPSA) is 61.8 Å². The van der Waals surface area contributed by atoms with Crippen LogP contribution in [-0.2, 0) is 11.2 Å². The van der Waals surface area contributed by atoms with Crippen molar-refractivity contribution in [1.29, 1.82) is 0 Å². The van der Waals surface area contributed by atoms with Gasteiger partial charge < -0.3 is 15.2 Å². The van der Waals surface area contributed by atoms with Gasteiger partial charge in [-0.1, -0.05) is 17.7 Å². The summed E-state index contributed by atoms with van der Waals surface area (Å²) in [4.78, 5) is 13.3. The molecule has 5 nitrogen and oxygen atoms in total. The summed E-state index contributed by atoms with van der Waals surface area (Å²) in [5.74, 6) is 0.186. The molecule has 2 unspecified atom stereocenters. The molecule has 0 amide bonds. The molecule has 1 saturated heterocycles. The highest BCUT2D eigenvalue weighted by Gasteiger charge is 2.32. The number of carbonyl (C=O) groups is 1. The molecule has 3 rings (SSSR count). The summed E-state index contributed by atoms with van der Waals surface area (Å²) in [7, 11) is 0. The Labute approximate surface area is 118 Å². The van der Waals surface area contributed by atoms with E-state index in [0.717, 1.165) is 25.3 Å². The molecule has 0 spiro atoms. The fourth-order valence-corrected chi connectivity index (χ4v) is 3.02. The molecule has 20 heavy (non-hydrogen) atoms. The van der Waals surface area contributed by atoms with E-state index in [2.05, 4.69) is 18.3 Å². The highest BCUT2D eigenvalue weighted by molar-refractivity contribution is 5.74. The molecule has 0 aliphatic carbocycles. The Bertz CT molecular complexity index is 518. The predicted octanol–water partition coefficient (Wildman–Crippen LogP) is 0.657. The molecule has 1 aromatic rings. The van der Waals surface area contributed by atoms with Crippen LogP contribution in [0, 0.1) is 6.92 Å². The first-order valence-corrected chi connectivity index (χ1v) is 7.07. The summed E-state index contributed by atoms with van der Waals surface area (Å²) in [6, 6.07) is 5.77. The van der Waals surface area contributed by atoms with Crippen molar-refractivity contribution in [2.24, 2.45) is 0 Å². The third-order valence-electron chi connectivity index (χ3n) is 4.03. The molecule has 5 heteroatoms. The normalized spacial score (nSPS) is 26.1. The first kappa shape index (κ1) is 13.4. The number of benzene rings is 1. The molecule has 2 aliphatic rings. The van der Waals surface area contributed by atoms with Gasteiger partial charge in [-0.3, -0.25) is 9.69 Å². The van der Waals surface area contributed by atoms with Crippen molar-refractivity contribution in [2.45, 2.75) is 25.5 Å². The Balaban J connectivity index is 1.66. The number of piperazine rings is 1. The smallest absolute Gasteiger partial charge is 0.322 e. The van der Waals surface area contributed by atoms with Crippen LogP contribution in [0.2, 0.25) is 0 Å². The van der Waals surface area contributed by atoms with Gasteiger partial charge in [0.05, 0.1) is 0 Å². The fourth-order valence-electron chi connectivity index (χ4n) is 3.02. The first-order chi connectivity index (χ1) is 9.63. The Morgan fingerprint density at radius 2 is 2.40 bits per heavy atom. The standard InChI is InChI=1S/C15H20N2O3/c1-10-2-3-14-11(6-10)7-12(20-14)9-17-5-4-16-8-13(17)15(18)19/h2-3,6,12-13,16H,4-5,7-9H2,1H3,(H,18,19). The lowest BCUT2D eigenvalue weighted by Crippen LogP contribution is -2.56. The zero-order valence-corrected chi connectivity index (χ0v) is 11.6. The van der Waals surface area contributed by atoms with Gasteiger partial charge >= 0.3 is 5.97 Å². The predicted molar refractivity (Wildman–Crippen MR) is 75.2 cm³/mol. The SMILES string of the molecule is Cc1ccc2c(c1)CC(CN1CCNCC1C(=O)O)O2. The van der Waals surface area contributed by atoms with Crippen LogP contribution in [0.4, 0.5) is 0 Å². The lowest BCUT2D eigenvalue weighted by atomic mass is 10.1. The van der Waals surface area contributed by atoms with E-state index in [-0.39, 0.29) is 6.10 Å². The maximum absolute atomic E-state index is 11.3. The van der Waals surface area contributed by atoms with E-state index >= 15 is 0 Å². The van der Waals surface area contributed by atoms with E-state index in [1.165, 1.54) is 11.1 Å². The molecule has 0 saturated carbocycles. The van der Waals surface area contributed by atoms with Crippen LogP contribution in [0.3, 0.4) is 0 Å². The number of rotatable bonds is 3. The van der Waals surface area contributed by atoms with Gasteiger partial charge in [0.15, 0.2) is 0 Å².